The van der Waals surface area contributed by atoms with E-state index in [-0.39, 0.29) is 0 Å². The highest BCUT2D eigenvalue weighted by Gasteiger charge is 2.14. The van der Waals surface area contributed by atoms with Gasteiger partial charge >= 0.3 is 0 Å². The lowest BCUT2D eigenvalue weighted by Gasteiger charge is -2.26. The summed E-state index contributed by atoms with van der Waals surface area (Å²) < 4.78 is 0. The van der Waals surface area contributed by atoms with Gasteiger partial charge in [0.05, 0.1) is 26.2 Å². The lowest BCUT2D eigenvalue weighted by molar-refractivity contribution is -0.655. The lowest BCUT2D eigenvalue weighted by atomic mass is 10.3. The summed E-state index contributed by atoms with van der Waals surface area (Å²) >= 11 is 0. The molecule has 1 aliphatic rings. The van der Waals surface area contributed by atoms with Gasteiger partial charge in [0.15, 0.2) is 0 Å². The molecule has 2 heterocycles. The standard InChI is InChI=1S/C11H18N4/c1-3-10-13-9(2)8-11(14-10)15-6-4-12-5-7-15/h8,12H,3-7H2,1-2H3/p+1. The summed E-state index contributed by atoms with van der Waals surface area (Å²) in [7, 11) is 0. The third kappa shape index (κ3) is 2.45. The average molecular weight is 207 g/mol. The Balaban J connectivity index is 2.22. The van der Waals surface area contributed by atoms with Crippen LogP contribution in [0.4, 0.5) is 5.82 Å². The number of hydrogen-bond acceptors (Lipinski definition) is 3. The van der Waals surface area contributed by atoms with Crippen molar-refractivity contribution >= 4 is 5.82 Å². The Morgan fingerprint density at radius 3 is 2.73 bits per heavy atom. The van der Waals surface area contributed by atoms with Crippen molar-refractivity contribution in [2.24, 2.45) is 0 Å². The minimum Gasteiger partial charge on any atom is -0.345 e. The van der Waals surface area contributed by atoms with Crippen LogP contribution in [0.2, 0.25) is 0 Å². The molecule has 0 bridgehead atoms. The van der Waals surface area contributed by atoms with Crippen LogP contribution >= 0.6 is 0 Å². The molecule has 1 aromatic heterocycles. The largest absolute Gasteiger partial charge is 0.345 e. The number of nitrogens with zero attached hydrogens (tertiary/aromatic N) is 3. The zero-order valence-electron chi connectivity index (χ0n) is 9.53. The molecule has 0 saturated carbocycles. The molecule has 1 aliphatic heterocycles. The molecule has 0 aliphatic carbocycles. The fourth-order valence-electron chi connectivity index (χ4n) is 1.91. The van der Waals surface area contributed by atoms with Crippen LogP contribution in [0.25, 0.3) is 0 Å². The molecule has 0 amide bonds. The van der Waals surface area contributed by atoms with Gasteiger partial charge in [0.25, 0.3) is 0 Å². The van der Waals surface area contributed by atoms with Crippen molar-refractivity contribution < 1.29 is 5.32 Å². The molecule has 1 saturated heterocycles. The molecule has 0 unspecified atom stereocenters. The van der Waals surface area contributed by atoms with Crippen LogP contribution in [0, 0.1) is 6.92 Å². The summed E-state index contributed by atoms with van der Waals surface area (Å²) in [5.74, 6) is 2.06. The van der Waals surface area contributed by atoms with Crippen molar-refractivity contribution in [1.29, 1.82) is 0 Å². The van der Waals surface area contributed by atoms with Crippen LogP contribution in [-0.2, 0) is 6.42 Å². The smallest absolute Gasteiger partial charge is 0.132 e. The molecule has 4 heteroatoms. The first-order valence-corrected chi connectivity index (χ1v) is 5.70. The fourth-order valence-corrected chi connectivity index (χ4v) is 1.91. The molecule has 15 heavy (non-hydrogen) atoms. The fraction of sp³-hybridized carbons (Fsp3) is 0.636. The molecule has 4 nitrogen and oxygen atoms in total. The van der Waals surface area contributed by atoms with Gasteiger partial charge in [0, 0.05) is 18.2 Å². The Bertz CT molecular complexity index is 331. The lowest BCUT2D eigenvalue weighted by Crippen LogP contribution is -2.89. The van der Waals surface area contributed by atoms with E-state index in [0.717, 1.165) is 36.8 Å². The van der Waals surface area contributed by atoms with E-state index >= 15 is 0 Å². The van der Waals surface area contributed by atoms with E-state index in [1.807, 2.05) is 6.92 Å². The van der Waals surface area contributed by atoms with Crippen LogP contribution < -0.4 is 10.2 Å². The van der Waals surface area contributed by atoms with Crippen LogP contribution in [0.5, 0.6) is 0 Å². The van der Waals surface area contributed by atoms with Crippen molar-refractivity contribution in [2.75, 3.05) is 31.1 Å². The zero-order chi connectivity index (χ0) is 10.7. The number of aryl methyl sites for hydroxylation is 2. The molecule has 2 N–H and O–H groups in total. The Hall–Kier alpha value is -1.16. The number of piperazine rings is 1. The van der Waals surface area contributed by atoms with Crippen LogP contribution in [0.3, 0.4) is 0 Å². The van der Waals surface area contributed by atoms with Gasteiger partial charge in [-0.1, -0.05) is 6.92 Å². The van der Waals surface area contributed by atoms with E-state index in [0.29, 0.717) is 0 Å². The van der Waals surface area contributed by atoms with Crippen molar-refractivity contribution in [1.82, 2.24) is 9.97 Å². The van der Waals surface area contributed by atoms with Gasteiger partial charge < -0.3 is 10.2 Å². The van der Waals surface area contributed by atoms with E-state index in [1.54, 1.807) is 0 Å². The Morgan fingerprint density at radius 1 is 1.33 bits per heavy atom. The predicted octanol–water partition coefficient (Wildman–Crippen LogP) is -0.269. The second-order valence-electron chi connectivity index (χ2n) is 3.99. The first-order chi connectivity index (χ1) is 7.29. The molecule has 0 spiro atoms. The predicted molar refractivity (Wildman–Crippen MR) is 60.0 cm³/mol. The molecule has 1 fully saturated rings. The van der Waals surface area contributed by atoms with Gasteiger partial charge in [0.1, 0.15) is 11.6 Å². The molecular weight excluding hydrogens is 188 g/mol. The first kappa shape index (κ1) is 10.4. The van der Waals surface area contributed by atoms with E-state index in [2.05, 4.69) is 33.2 Å². The molecule has 82 valence electrons. The summed E-state index contributed by atoms with van der Waals surface area (Å²) in [6, 6.07) is 2.09. The summed E-state index contributed by atoms with van der Waals surface area (Å²) in [5.41, 5.74) is 1.08. The van der Waals surface area contributed by atoms with Crippen molar-refractivity contribution in [3.8, 4) is 0 Å². The summed E-state index contributed by atoms with van der Waals surface area (Å²) in [6.07, 6.45) is 0.911. The van der Waals surface area contributed by atoms with Crippen LogP contribution in [-0.4, -0.2) is 36.1 Å². The molecule has 0 radical (unpaired) electrons. The van der Waals surface area contributed by atoms with Gasteiger partial charge in [-0.2, -0.15) is 0 Å². The minimum absolute atomic E-state index is 0.911. The quantitative estimate of drug-likeness (QED) is 0.726. The number of nitrogens with two attached hydrogens (primary N) is 1. The molecule has 2 rings (SSSR count). The maximum absolute atomic E-state index is 4.58. The number of hydrogen-bond donors (Lipinski definition) is 1. The maximum atomic E-state index is 4.58. The third-order valence-corrected chi connectivity index (χ3v) is 2.73. The number of aromatic nitrogens is 2. The van der Waals surface area contributed by atoms with Gasteiger partial charge in [0.2, 0.25) is 0 Å². The Labute approximate surface area is 90.7 Å². The van der Waals surface area contributed by atoms with Crippen molar-refractivity contribution in [3.05, 3.63) is 17.6 Å². The first-order valence-electron chi connectivity index (χ1n) is 5.70. The molecule has 0 atom stereocenters. The van der Waals surface area contributed by atoms with Crippen LogP contribution in [0.1, 0.15) is 18.4 Å². The molecular formula is C11H19N4+. The number of rotatable bonds is 2. The number of anilines is 1. The van der Waals surface area contributed by atoms with Gasteiger partial charge in [-0.05, 0) is 6.92 Å². The average Bonchev–Trinajstić information content (AvgIpc) is 2.29. The monoisotopic (exact) mass is 207 g/mol. The second kappa shape index (κ2) is 4.57. The maximum Gasteiger partial charge on any atom is 0.132 e. The summed E-state index contributed by atoms with van der Waals surface area (Å²) in [5, 5.41) is 2.35. The van der Waals surface area contributed by atoms with Crippen molar-refractivity contribution in [3.63, 3.8) is 0 Å². The topological polar surface area (TPSA) is 45.6 Å². The molecule has 1 aromatic rings. The Morgan fingerprint density at radius 2 is 2.07 bits per heavy atom. The van der Waals surface area contributed by atoms with E-state index < -0.39 is 0 Å². The second-order valence-corrected chi connectivity index (χ2v) is 3.99. The van der Waals surface area contributed by atoms with Crippen molar-refractivity contribution in [2.45, 2.75) is 20.3 Å². The molecule has 0 aromatic carbocycles. The SMILES string of the molecule is CCc1nc(C)cc(N2CC[NH2+]CC2)n1. The normalized spacial score (nSPS) is 16.8. The highest BCUT2D eigenvalue weighted by atomic mass is 15.2. The highest BCUT2D eigenvalue weighted by Crippen LogP contribution is 2.12. The summed E-state index contributed by atoms with van der Waals surface area (Å²) in [6.45, 7) is 8.68. The van der Waals surface area contributed by atoms with Gasteiger partial charge in [-0.15, -0.1) is 0 Å². The van der Waals surface area contributed by atoms with E-state index in [1.165, 1.54) is 13.1 Å². The summed E-state index contributed by atoms with van der Waals surface area (Å²) in [4.78, 5) is 11.3. The Kier molecular flexibility index (Phi) is 3.16. The minimum atomic E-state index is 0.911. The van der Waals surface area contributed by atoms with Gasteiger partial charge in [-0.3, -0.25) is 0 Å². The van der Waals surface area contributed by atoms with Gasteiger partial charge in [-0.25, -0.2) is 9.97 Å². The highest BCUT2D eigenvalue weighted by molar-refractivity contribution is 5.39. The van der Waals surface area contributed by atoms with Crippen LogP contribution in [0.15, 0.2) is 6.07 Å². The zero-order valence-corrected chi connectivity index (χ0v) is 9.53. The number of quaternary nitrogens is 1. The van der Waals surface area contributed by atoms with E-state index in [9.17, 15) is 0 Å². The third-order valence-electron chi connectivity index (χ3n) is 2.73. The van der Waals surface area contributed by atoms with E-state index in [4.69, 9.17) is 0 Å².